The molecular weight excluding hydrogens is 332 g/mol. The van der Waals surface area contributed by atoms with Crippen molar-refractivity contribution in [3.8, 4) is 5.69 Å². The minimum Gasteiger partial charge on any atom is -0.346 e. The highest BCUT2D eigenvalue weighted by Crippen LogP contribution is 2.15. The van der Waals surface area contributed by atoms with E-state index in [1.165, 1.54) is 6.33 Å². The van der Waals surface area contributed by atoms with E-state index in [4.69, 9.17) is 0 Å². The van der Waals surface area contributed by atoms with Gasteiger partial charge in [0, 0.05) is 11.9 Å². The first-order valence-electron chi connectivity index (χ1n) is 7.92. The molecule has 4 rings (SSSR count). The van der Waals surface area contributed by atoms with Crippen LogP contribution in [0.3, 0.4) is 0 Å². The zero-order valence-electron chi connectivity index (χ0n) is 13.6. The molecule has 0 aliphatic heterocycles. The molecule has 0 aliphatic rings. The van der Waals surface area contributed by atoms with Crippen LogP contribution in [-0.2, 0) is 6.54 Å². The number of hydrogen-bond acceptors (Lipinski definition) is 5. The number of H-pyrrole nitrogens is 1. The zero-order valence-corrected chi connectivity index (χ0v) is 13.6. The largest absolute Gasteiger partial charge is 0.346 e. The number of fused-ring (bicyclic) bond motifs is 1. The molecule has 0 aliphatic carbocycles. The quantitative estimate of drug-likeness (QED) is 0.581. The summed E-state index contributed by atoms with van der Waals surface area (Å²) in [6, 6.07) is 14.4. The van der Waals surface area contributed by atoms with Crippen molar-refractivity contribution < 1.29 is 4.79 Å². The molecule has 128 valence electrons. The van der Waals surface area contributed by atoms with E-state index in [1.807, 2.05) is 24.3 Å². The molecule has 0 saturated heterocycles. The topological polar surface area (TPSA) is 106 Å². The fourth-order valence-corrected chi connectivity index (χ4v) is 2.76. The van der Waals surface area contributed by atoms with Crippen molar-refractivity contribution in [2.24, 2.45) is 0 Å². The van der Waals surface area contributed by atoms with Crippen LogP contribution in [0.25, 0.3) is 16.5 Å². The molecular formula is C18H14N6O2. The zero-order chi connectivity index (χ0) is 17.9. The Balaban J connectivity index is 1.62. The van der Waals surface area contributed by atoms with Gasteiger partial charge in [-0.3, -0.25) is 9.59 Å². The number of nitrogens with one attached hydrogen (secondary N) is 2. The summed E-state index contributed by atoms with van der Waals surface area (Å²) in [4.78, 5) is 28.4. The van der Waals surface area contributed by atoms with Crippen molar-refractivity contribution in [1.29, 1.82) is 0 Å². The molecule has 8 nitrogen and oxygen atoms in total. The van der Waals surface area contributed by atoms with Crippen molar-refractivity contribution in [3.63, 3.8) is 0 Å². The van der Waals surface area contributed by atoms with Gasteiger partial charge < -0.3 is 5.32 Å². The summed E-state index contributed by atoms with van der Waals surface area (Å²) in [7, 11) is 0. The van der Waals surface area contributed by atoms with Crippen LogP contribution in [0.5, 0.6) is 0 Å². The molecule has 1 amide bonds. The third kappa shape index (κ3) is 2.84. The molecule has 0 radical (unpaired) electrons. The lowest BCUT2D eigenvalue weighted by Crippen LogP contribution is -2.26. The minimum absolute atomic E-state index is 0.179. The highest BCUT2D eigenvalue weighted by molar-refractivity contribution is 6.04. The van der Waals surface area contributed by atoms with Crippen molar-refractivity contribution >= 4 is 16.7 Å². The number of para-hydroxylation sites is 1. The monoisotopic (exact) mass is 346 g/mol. The van der Waals surface area contributed by atoms with Gasteiger partial charge in [-0.15, -0.1) is 0 Å². The number of aromatic nitrogens is 5. The molecule has 8 heteroatoms. The first-order chi connectivity index (χ1) is 12.7. The summed E-state index contributed by atoms with van der Waals surface area (Å²) >= 11 is 0. The number of nitrogens with zero attached hydrogens (tertiary/aromatic N) is 4. The van der Waals surface area contributed by atoms with E-state index in [0.29, 0.717) is 10.8 Å². The highest BCUT2D eigenvalue weighted by atomic mass is 16.2. The second-order valence-electron chi connectivity index (χ2n) is 5.60. The van der Waals surface area contributed by atoms with Crippen molar-refractivity contribution in [3.05, 3.63) is 82.8 Å². The fraction of sp³-hybridized carbons (Fsp3) is 0.0556. The van der Waals surface area contributed by atoms with Gasteiger partial charge in [0.15, 0.2) is 5.69 Å². The van der Waals surface area contributed by atoms with Crippen LogP contribution >= 0.6 is 0 Å². The molecule has 0 unspecified atom stereocenters. The second-order valence-corrected chi connectivity index (χ2v) is 5.60. The van der Waals surface area contributed by atoms with Crippen LogP contribution in [0, 0.1) is 0 Å². The van der Waals surface area contributed by atoms with E-state index >= 15 is 0 Å². The average molecular weight is 346 g/mol. The SMILES string of the molecule is O=C(NCc1ccccc1-n1cncn1)c1n[nH]c(=O)c2ccccc12. The van der Waals surface area contributed by atoms with Gasteiger partial charge in [-0.05, 0) is 17.7 Å². The van der Waals surface area contributed by atoms with E-state index < -0.39 is 0 Å². The summed E-state index contributed by atoms with van der Waals surface area (Å²) in [6.45, 7) is 0.282. The van der Waals surface area contributed by atoms with Gasteiger partial charge in [0.1, 0.15) is 12.7 Å². The summed E-state index contributed by atoms with van der Waals surface area (Å²) in [5, 5.41) is 14.2. The number of amides is 1. The van der Waals surface area contributed by atoms with Crippen molar-refractivity contribution in [2.75, 3.05) is 0 Å². The van der Waals surface area contributed by atoms with Gasteiger partial charge in [0.05, 0.1) is 11.1 Å². The Kier molecular flexibility index (Phi) is 3.98. The maximum atomic E-state index is 12.6. The number of aromatic amines is 1. The van der Waals surface area contributed by atoms with Gasteiger partial charge >= 0.3 is 0 Å². The molecule has 2 aromatic heterocycles. The predicted octanol–water partition coefficient (Wildman–Crippen LogP) is 1.43. The lowest BCUT2D eigenvalue weighted by Gasteiger charge is -2.10. The Bertz CT molecular complexity index is 1130. The molecule has 0 atom stereocenters. The Morgan fingerprint density at radius 2 is 1.85 bits per heavy atom. The Hall–Kier alpha value is -3.81. The first-order valence-corrected chi connectivity index (χ1v) is 7.92. The van der Waals surface area contributed by atoms with Gasteiger partial charge in [0.25, 0.3) is 11.5 Å². The molecule has 2 heterocycles. The molecule has 26 heavy (non-hydrogen) atoms. The highest BCUT2D eigenvalue weighted by Gasteiger charge is 2.14. The summed E-state index contributed by atoms with van der Waals surface area (Å²) in [5.74, 6) is -0.370. The molecule has 2 aromatic carbocycles. The molecule has 4 aromatic rings. The molecule has 2 N–H and O–H groups in total. The maximum absolute atomic E-state index is 12.6. The third-order valence-corrected chi connectivity index (χ3v) is 4.01. The molecule has 0 spiro atoms. The number of carbonyl (C=O) groups excluding carboxylic acids is 1. The Morgan fingerprint density at radius 3 is 2.65 bits per heavy atom. The van der Waals surface area contributed by atoms with Crippen molar-refractivity contribution in [1.82, 2.24) is 30.3 Å². The molecule has 0 bridgehead atoms. The maximum Gasteiger partial charge on any atom is 0.272 e. The van der Waals surface area contributed by atoms with Crippen LogP contribution in [0.2, 0.25) is 0 Å². The Morgan fingerprint density at radius 1 is 1.08 bits per heavy atom. The van der Waals surface area contributed by atoms with Crippen molar-refractivity contribution in [2.45, 2.75) is 6.54 Å². The third-order valence-electron chi connectivity index (χ3n) is 4.01. The van der Waals surface area contributed by atoms with Crippen LogP contribution in [0.15, 0.2) is 66.0 Å². The fourth-order valence-electron chi connectivity index (χ4n) is 2.76. The average Bonchev–Trinajstić information content (AvgIpc) is 3.21. The minimum atomic E-state index is -0.370. The molecule has 0 fully saturated rings. The van der Waals surface area contributed by atoms with Crippen LogP contribution in [0.4, 0.5) is 0 Å². The van der Waals surface area contributed by atoms with Gasteiger partial charge in [-0.1, -0.05) is 36.4 Å². The van der Waals surface area contributed by atoms with E-state index in [0.717, 1.165) is 11.3 Å². The van der Waals surface area contributed by atoms with E-state index in [9.17, 15) is 9.59 Å². The van der Waals surface area contributed by atoms with Gasteiger partial charge in [-0.25, -0.2) is 14.8 Å². The van der Waals surface area contributed by atoms with Gasteiger partial charge in [-0.2, -0.15) is 10.2 Å². The molecule has 0 saturated carbocycles. The second kappa shape index (κ2) is 6.60. The standard InChI is InChI=1S/C18H14N6O2/c25-17-14-7-3-2-6-13(14)16(22-23-17)18(26)20-9-12-5-1-4-8-15(12)24-11-19-10-21-24/h1-8,10-11H,9H2,(H,20,26)(H,23,25). The van der Waals surface area contributed by atoms with E-state index in [2.05, 4.69) is 25.6 Å². The summed E-state index contributed by atoms with van der Waals surface area (Å²) in [6.07, 6.45) is 3.05. The number of rotatable bonds is 4. The first kappa shape index (κ1) is 15.7. The van der Waals surface area contributed by atoms with Crippen LogP contribution in [0.1, 0.15) is 16.1 Å². The number of carbonyl (C=O) groups is 1. The lowest BCUT2D eigenvalue weighted by atomic mass is 10.1. The lowest BCUT2D eigenvalue weighted by molar-refractivity contribution is 0.0946. The predicted molar refractivity (Wildman–Crippen MR) is 94.9 cm³/mol. The number of benzene rings is 2. The van der Waals surface area contributed by atoms with Crippen LogP contribution in [-0.4, -0.2) is 30.9 Å². The van der Waals surface area contributed by atoms with Crippen LogP contribution < -0.4 is 10.9 Å². The number of hydrogen-bond donors (Lipinski definition) is 2. The summed E-state index contributed by atoms with van der Waals surface area (Å²) < 4.78 is 1.63. The smallest absolute Gasteiger partial charge is 0.272 e. The van der Waals surface area contributed by atoms with Gasteiger partial charge in [0.2, 0.25) is 0 Å². The summed E-state index contributed by atoms with van der Waals surface area (Å²) in [5.41, 5.74) is 1.55. The van der Waals surface area contributed by atoms with E-state index in [-0.39, 0.29) is 23.7 Å². The Labute approximate surface area is 147 Å². The normalized spacial score (nSPS) is 10.8. The van der Waals surface area contributed by atoms with E-state index in [1.54, 1.807) is 35.3 Å².